The number of nitrogens with one attached hydrogen (secondary N) is 1. The predicted octanol–water partition coefficient (Wildman–Crippen LogP) is 2.82. The second-order valence-electron chi connectivity index (χ2n) is 5.03. The van der Waals surface area contributed by atoms with Gasteiger partial charge in [0.15, 0.2) is 0 Å². The van der Waals surface area contributed by atoms with Crippen LogP contribution in [0.3, 0.4) is 0 Å². The lowest BCUT2D eigenvalue weighted by molar-refractivity contribution is 0.261. The first-order chi connectivity index (χ1) is 9.24. The molecular weight excluding hydrogens is 304 g/mol. The van der Waals surface area contributed by atoms with Crippen LogP contribution in [0.2, 0.25) is 0 Å². The fourth-order valence-corrected chi connectivity index (χ4v) is 3.11. The Balaban J connectivity index is 2.12. The summed E-state index contributed by atoms with van der Waals surface area (Å²) in [5.74, 6) is 1.12. The highest BCUT2D eigenvalue weighted by atomic mass is 79.9. The number of nitrogens with zero attached hydrogens (tertiary/aromatic N) is 1. The Morgan fingerprint density at radius 1 is 1.37 bits per heavy atom. The van der Waals surface area contributed by atoms with E-state index in [9.17, 15) is 0 Å². The van der Waals surface area contributed by atoms with Gasteiger partial charge >= 0.3 is 0 Å². The average molecular weight is 327 g/mol. The summed E-state index contributed by atoms with van der Waals surface area (Å²) in [6, 6.07) is 4.38. The van der Waals surface area contributed by atoms with Crippen LogP contribution < -0.4 is 10.1 Å². The Bertz CT molecular complexity index is 423. The molecule has 1 aliphatic heterocycles. The zero-order valence-corrected chi connectivity index (χ0v) is 13.4. The highest BCUT2D eigenvalue weighted by Crippen LogP contribution is 2.33. The Kier molecular flexibility index (Phi) is 5.67. The summed E-state index contributed by atoms with van der Waals surface area (Å²) in [6.07, 6.45) is 2.22. The molecule has 0 amide bonds. The summed E-state index contributed by atoms with van der Waals surface area (Å²) >= 11 is 3.61. The molecule has 3 nitrogen and oxygen atoms in total. The van der Waals surface area contributed by atoms with E-state index in [0.29, 0.717) is 0 Å². The minimum atomic E-state index is 0.822. The molecule has 2 rings (SSSR count). The third-order valence-electron chi connectivity index (χ3n) is 3.44. The molecule has 1 aromatic rings. The maximum Gasteiger partial charge on any atom is 0.127 e. The molecule has 1 heterocycles. The van der Waals surface area contributed by atoms with E-state index in [1.54, 1.807) is 0 Å². The van der Waals surface area contributed by atoms with Crippen LogP contribution in [0.15, 0.2) is 16.6 Å². The van der Waals surface area contributed by atoms with Crippen LogP contribution in [0.4, 0.5) is 0 Å². The van der Waals surface area contributed by atoms with Gasteiger partial charge in [0, 0.05) is 36.1 Å². The van der Waals surface area contributed by atoms with Gasteiger partial charge in [-0.3, -0.25) is 4.90 Å². The Morgan fingerprint density at radius 3 is 2.95 bits per heavy atom. The maximum absolute atomic E-state index is 5.80. The number of hydrogen-bond acceptors (Lipinski definition) is 3. The van der Waals surface area contributed by atoms with Crippen molar-refractivity contribution in [3.63, 3.8) is 0 Å². The number of benzene rings is 1. The fourth-order valence-electron chi connectivity index (χ4n) is 2.56. The van der Waals surface area contributed by atoms with Gasteiger partial charge in [0.05, 0.1) is 6.61 Å². The molecule has 106 valence electrons. The van der Waals surface area contributed by atoms with Crippen molar-refractivity contribution >= 4 is 15.9 Å². The lowest BCUT2D eigenvalue weighted by Gasteiger charge is -2.22. The third kappa shape index (κ3) is 3.94. The van der Waals surface area contributed by atoms with Gasteiger partial charge in [-0.1, -0.05) is 22.9 Å². The molecule has 1 aromatic carbocycles. The van der Waals surface area contributed by atoms with Gasteiger partial charge in [-0.15, -0.1) is 0 Å². The number of hydrogen-bond donors (Lipinski definition) is 1. The molecule has 0 bridgehead atoms. The summed E-state index contributed by atoms with van der Waals surface area (Å²) < 4.78 is 6.97. The van der Waals surface area contributed by atoms with Crippen molar-refractivity contribution in [1.29, 1.82) is 0 Å². The number of halogens is 1. The number of fused-ring (bicyclic) bond motifs is 1. The summed E-state index contributed by atoms with van der Waals surface area (Å²) in [6.45, 7) is 7.25. The molecule has 0 radical (unpaired) electrons. The van der Waals surface area contributed by atoms with Crippen molar-refractivity contribution in [2.75, 3.05) is 33.3 Å². The van der Waals surface area contributed by atoms with E-state index in [-0.39, 0.29) is 0 Å². The standard InChI is InChI=1S/C15H23BrN2O/c1-3-6-18(7-5-17-2)11-13-10-14(16)9-12-4-8-19-15(12)13/h9-10,17H,3-8,11H2,1-2H3. The van der Waals surface area contributed by atoms with Crippen LogP contribution in [0, 0.1) is 0 Å². The molecule has 0 saturated carbocycles. The largest absolute Gasteiger partial charge is 0.493 e. The van der Waals surface area contributed by atoms with Gasteiger partial charge in [0.1, 0.15) is 5.75 Å². The number of rotatable bonds is 7. The molecule has 0 fully saturated rings. The zero-order chi connectivity index (χ0) is 13.7. The summed E-state index contributed by atoms with van der Waals surface area (Å²) in [7, 11) is 2.00. The topological polar surface area (TPSA) is 24.5 Å². The average Bonchev–Trinajstić information content (AvgIpc) is 2.84. The SMILES string of the molecule is CCCN(CCNC)Cc1cc(Br)cc2c1OCC2. The number of ether oxygens (including phenoxy) is 1. The molecule has 0 spiro atoms. The van der Waals surface area contributed by atoms with Gasteiger partial charge in [-0.05, 0) is 37.7 Å². The molecule has 4 heteroatoms. The predicted molar refractivity (Wildman–Crippen MR) is 82.8 cm³/mol. The summed E-state index contributed by atoms with van der Waals surface area (Å²) in [5, 5.41) is 3.22. The Hall–Kier alpha value is -0.580. The molecule has 0 unspecified atom stereocenters. The van der Waals surface area contributed by atoms with Crippen molar-refractivity contribution in [3.8, 4) is 5.75 Å². The van der Waals surface area contributed by atoms with E-state index >= 15 is 0 Å². The highest BCUT2D eigenvalue weighted by Gasteiger charge is 2.18. The van der Waals surface area contributed by atoms with Crippen molar-refractivity contribution in [1.82, 2.24) is 10.2 Å². The molecule has 0 aromatic heterocycles. The van der Waals surface area contributed by atoms with Gasteiger partial charge < -0.3 is 10.1 Å². The van der Waals surface area contributed by atoms with Crippen LogP contribution in [-0.2, 0) is 13.0 Å². The van der Waals surface area contributed by atoms with Crippen molar-refractivity contribution in [2.45, 2.75) is 26.3 Å². The highest BCUT2D eigenvalue weighted by molar-refractivity contribution is 9.10. The van der Waals surface area contributed by atoms with Crippen molar-refractivity contribution in [2.24, 2.45) is 0 Å². The van der Waals surface area contributed by atoms with E-state index in [1.165, 1.54) is 17.5 Å². The van der Waals surface area contributed by atoms with Gasteiger partial charge in [0.2, 0.25) is 0 Å². The third-order valence-corrected chi connectivity index (χ3v) is 3.89. The normalized spacial score (nSPS) is 13.7. The van der Waals surface area contributed by atoms with Gasteiger partial charge in [-0.25, -0.2) is 0 Å². The molecule has 1 aliphatic rings. The first-order valence-corrected chi connectivity index (χ1v) is 7.85. The molecule has 0 saturated heterocycles. The second-order valence-corrected chi connectivity index (χ2v) is 5.95. The van der Waals surface area contributed by atoms with Crippen LogP contribution >= 0.6 is 15.9 Å². The smallest absolute Gasteiger partial charge is 0.127 e. The quantitative estimate of drug-likeness (QED) is 0.833. The van der Waals surface area contributed by atoms with Crippen LogP contribution in [0.1, 0.15) is 24.5 Å². The molecule has 19 heavy (non-hydrogen) atoms. The molecular formula is C15H23BrN2O. The first kappa shape index (κ1) is 14.8. The zero-order valence-electron chi connectivity index (χ0n) is 11.8. The number of likely N-dealkylation sites (N-methyl/N-ethyl adjacent to an activating group) is 1. The Labute approximate surface area is 124 Å². The minimum Gasteiger partial charge on any atom is -0.493 e. The van der Waals surface area contributed by atoms with E-state index in [2.05, 4.69) is 45.2 Å². The van der Waals surface area contributed by atoms with Crippen LogP contribution in [-0.4, -0.2) is 38.2 Å². The monoisotopic (exact) mass is 326 g/mol. The van der Waals surface area contributed by atoms with Crippen LogP contribution in [0.5, 0.6) is 5.75 Å². The Morgan fingerprint density at radius 2 is 2.21 bits per heavy atom. The molecule has 1 N–H and O–H groups in total. The lowest BCUT2D eigenvalue weighted by atomic mass is 10.1. The van der Waals surface area contributed by atoms with E-state index in [1.807, 2.05) is 7.05 Å². The molecule has 0 aliphatic carbocycles. The van der Waals surface area contributed by atoms with Crippen LogP contribution in [0.25, 0.3) is 0 Å². The lowest BCUT2D eigenvalue weighted by Crippen LogP contribution is -2.31. The van der Waals surface area contributed by atoms with Gasteiger partial charge in [0.25, 0.3) is 0 Å². The fraction of sp³-hybridized carbons (Fsp3) is 0.600. The van der Waals surface area contributed by atoms with Crippen molar-refractivity contribution < 1.29 is 4.74 Å². The maximum atomic E-state index is 5.80. The summed E-state index contributed by atoms with van der Waals surface area (Å²) in [4.78, 5) is 2.49. The van der Waals surface area contributed by atoms with Crippen molar-refractivity contribution in [3.05, 3.63) is 27.7 Å². The second kappa shape index (κ2) is 7.27. The van der Waals surface area contributed by atoms with E-state index in [0.717, 1.165) is 49.4 Å². The molecule has 0 atom stereocenters. The van der Waals surface area contributed by atoms with E-state index < -0.39 is 0 Å². The summed E-state index contributed by atoms with van der Waals surface area (Å²) in [5.41, 5.74) is 2.65. The van der Waals surface area contributed by atoms with E-state index in [4.69, 9.17) is 4.74 Å². The van der Waals surface area contributed by atoms with Gasteiger partial charge in [-0.2, -0.15) is 0 Å². The minimum absolute atomic E-state index is 0.822. The first-order valence-electron chi connectivity index (χ1n) is 7.05.